The number of nitro benzene ring substituents is 1. The molecule has 2 aromatic carbocycles. The third-order valence-corrected chi connectivity index (χ3v) is 3.02. The lowest BCUT2D eigenvalue weighted by molar-refractivity contribution is -0.384. The quantitative estimate of drug-likeness (QED) is 0.679. The van der Waals surface area contributed by atoms with E-state index in [9.17, 15) is 14.9 Å². The minimum absolute atomic E-state index is 0.0489. The second-order valence-electron chi connectivity index (χ2n) is 4.81. The van der Waals surface area contributed by atoms with Gasteiger partial charge in [0.2, 0.25) is 0 Å². The number of ether oxygens (including phenoxy) is 1. The molecule has 1 N–H and O–H groups in total. The standard InChI is InChI=1S/C16H16N2O4/c1-12-3-2-4-13(11-12)9-10-17-16(19)22-15-7-5-14(6-8-15)18(20)21/h2-8,11H,9-10H2,1H3,(H,17,19). The molecule has 0 aliphatic carbocycles. The average Bonchev–Trinajstić information content (AvgIpc) is 2.48. The first-order valence-electron chi connectivity index (χ1n) is 6.80. The van der Waals surface area contributed by atoms with E-state index in [4.69, 9.17) is 4.74 Å². The molecule has 0 fully saturated rings. The van der Waals surface area contributed by atoms with Crippen LogP contribution in [0.25, 0.3) is 0 Å². The van der Waals surface area contributed by atoms with Gasteiger partial charge in [0.05, 0.1) is 4.92 Å². The molecule has 2 rings (SSSR count). The van der Waals surface area contributed by atoms with Gasteiger partial charge in [-0.25, -0.2) is 4.79 Å². The summed E-state index contributed by atoms with van der Waals surface area (Å²) in [7, 11) is 0. The number of amides is 1. The van der Waals surface area contributed by atoms with Gasteiger partial charge in [-0.2, -0.15) is 0 Å². The van der Waals surface area contributed by atoms with Crippen molar-refractivity contribution in [3.05, 3.63) is 69.8 Å². The van der Waals surface area contributed by atoms with E-state index in [0.717, 1.165) is 5.56 Å². The van der Waals surface area contributed by atoms with Crippen LogP contribution in [0.3, 0.4) is 0 Å². The van der Waals surface area contributed by atoms with Gasteiger partial charge in [0.25, 0.3) is 5.69 Å². The molecule has 0 aliphatic rings. The summed E-state index contributed by atoms with van der Waals surface area (Å²) in [6.45, 7) is 2.47. The van der Waals surface area contributed by atoms with E-state index >= 15 is 0 Å². The minimum atomic E-state index is -0.582. The fourth-order valence-corrected chi connectivity index (χ4v) is 1.96. The first-order chi connectivity index (χ1) is 10.5. The molecule has 22 heavy (non-hydrogen) atoms. The highest BCUT2D eigenvalue weighted by Crippen LogP contribution is 2.17. The van der Waals surface area contributed by atoms with E-state index in [1.807, 2.05) is 25.1 Å². The largest absolute Gasteiger partial charge is 0.412 e. The number of hydrogen-bond donors (Lipinski definition) is 1. The highest BCUT2D eigenvalue weighted by Gasteiger charge is 2.07. The lowest BCUT2D eigenvalue weighted by Crippen LogP contribution is -2.28. The summed E-state index contributed by atoms with van der Waals surface area (Å²) in [4.78, 5) is 21.6. The number of carbonyl (C=O) groups is 1. The van der Waals surface area contributed by atoms with Gasteiger partial charge < -0.3 is 10.1 Å². The molecule has 6 nitrogen and oxygen atoms in total. The summed E-state index contributed by atoms with van der Waals surface area (Å²) in [5, 5.41) is 13.2. The fraction of sp³-hybridized carbons (Fsp3) is 0.188. The molecule has 0 radical (unpaired) electrons. The SMILES string of the molecule is Cc1cccc(CCNC(=O)Oc2ccc([N+](=O)[O-])cc2)c1. The number of nitrogens with zero attached hydrogens (tertiary/aromatic N) is 1. The van der Waals surface area contributed by atoms with E-state index in [2.05, 4.69) is 11.4 Å². The number of hydrogen-bond acceptors (Lipinski definition) is 4. The first kappa shape index (κ1) is 15.5. The number of non-ortho nitro benzene ring substituents is 1. The van der Waals surface area contributed by atoms with Crippen molar-refractivity contribution in [1.82, 2.24) is 5.32 Å². The topological polar surface area (TPSA) is 81.5 Å². The maximum atomic E-state index is 11.6. The van der Waals surface area contributed by atoms with Crippen molar-refractivity contribution >= 4 is 11.8 Å². The summed E-state index contributed by atoms with van der Waals surface area (Å²) in [6.07, 6.45) is 0.123. The van der Waals surface area contributed by atoms with Gasteiger partial charge >= 0.3 is 6.09 Å². The first-order valence-corrected chi connectivity index (χ1v) is 6.80. The Morgan fingerprint density at radius 3 is 2.59 bits per heavy atom. The van der Waals surface area contributed by atoms with E-state index in [1.165, 1.54) is 29.8 Å². The molecule has 0 unspecified atom stereocenters. The van der Waals surface area contributed by atoms with Crippen molar-refractivity contribution < 1.29 is 14.5 Å². The Bertz CT molecular complexity index is 668. The van der Waals surface area contributed by atoms with Gasteiger partial charge in [0.1, 0.15) is 5.75 Å². The third kappa shape index (κ3) is 4.59. The zero-order chi connectivity index (χ0) is 15.9. The maximum Gasteiger partial charge on any atom is 0.412 e. The fourth-order valence-electron chi connectivity index (χ4n) is 1.96. The highest BCUT2D eigenvalue weighted by molar-refractivity contribution is 5.70. The van der Waals surface area contributed by atoms with Gasteiger partial charge in [-0.15, -0.1) is 0 Å². The summed E-state index contributed by atoms with van der Waals surface area (Å²) in [5.41, 5.74) is 2.26. The number of rotatable bonds is 5. The summed E-state index contributed by atoms with van der Waals surface area (Å²) < 4.78 is 5.04. The maximum absolute atomic E-state index is 11.6. The Balaban J connectivity index is 1.79. The van der Waals surface area contributed by atoms with Crippen LogP contribution in [0.2, 0.25) is 0 Å². The van der Waals surface area contributed by atoms with Crippen molar-refractivity contribution in [2.45, 2.75) is 13.3 Å². The van der Waals surface area contributed by atoms with Crippen molar-refractivity contribution in [1.29, 1.82) is 0 Å². The van der Waals surface area contributed by atoms with Gasteiger partial charge in [-0.05, 0) is 31.0 Å². The monoisotopic (exact) mass is 300 g/mol. The lowest BCUT2D eigenvalue weighted by Gasteiger charge is -2.07. The second kappa shape index (κ2) is 7.21. The van der Waals surface area contributed by atoms with Crippen LogP contribution in [0, 0.1) is 17.0 Å². The second-order valence-corrected chi connectivity index (χ2v) is 4.81. The van der Waals surface area contributed by atoms with E-state index in [0.29, 0.717) is 13.0 Å². The van der Waals surface area contributed by atoms with Gasteiger partial charge in [0.15, 0.2) is 0 Å². The zero-order valence-corrected chi connectivity index (χ0v) is 12.1. The predicted molar refractivity (Wildman–Crippen MR) is 82.0 cm³/mol. The molecule has 0 aliphatic heterocycles. The van der Waals surface area contributed by atoms with E-state index in [1.54, 1.807) is 0 Å². The Morgan fingerprint density at radius 2 is 1.95 bits per heavy atom. The molecule has 114 valence electrons. The average molecular weight is 300 g/mol. The van der Waals surface area contributed by atoms with Crippen LogP contribution in [-0.2, 0) is 6.42 Å². The number of nitro groups is 1. The lowest BCUT2D eigenvalue weighted by atomic mass is 10.1. The molecule has 2 aromatic rings. The number of carbonyl (C=O) groups excluding carboxylic acids is 1. The molecule has 0 bridgehead atoms. The van der Waals surface area contributed by atoms with Gasteiger partial charge in [-0.3, -0.25) is 10.1 Å². The summed E-state index contributed by atoms with van der Waals surface area (Å²) in [5.74, 6) is 0.263. The molecule has 0 aromatic heterocycles. The molecule has 1 amide bonds. The molecular formula is C16H16N2O4. The normalized spacial score (nSPS) is 10.0. The molecule has 0 spiro atoms. The van der Waals surface area contributed by atoms with Gasteiger partial charge in [-0.1, -0.05) is 29.8 Å². The Kier molecular flexibility index (Phi) is 5.08. The van der Waals surface area contributed by atoms with Crippen LogP contribution in [0.15, 0.2) is 48.5 Å². The number of benzene rings is 2. The molecular weight excluding hydrogens is 284 g/mol. The molecule has 0 atom stereocenters. The van der Waals surface area contributed by atoms with E-state index in [-0.39, 0.29) is 11.4 Å². The summed E-state index contributed by atoms with van der Waals surface area (Å²) >= 11 is 0. The predicted octanol–water partition coefficient (Wildman–Crippen LogP) is 3.23. The number of aryl methyl sites for hydroxylation is 1. The van der Waals surface area contributed by atoms with E-state index < -0.39 is 11.0 Å². The van der Waals surface area contributed by atoms with Crippen molar-refractivity contribution in [2.24, 2.45) is 0 Å². The van der Waals surface area contributed by atoms with Crippen LogP contribution in [0.1, 0.15) is 11.1 Å². The molecule has 0 saturated carbocycles. The van der Waals surface area contributed by atoms with Crippen LogP contribution in [0.5, 0.6) is 5.75 Å². The minimum Gasteiger partial charge on any atom is -0.410 e. The van der Waals surface area contributed by atoms with Crippen LogP contribution >= 0.6 is 0 Å². The Morgan fingerprint density at radius 1 is 1.23 bits per heavy atom. The van der Waals surface area contributed by atoms with Crippen molar-refractivity contribution in [3.8, 4) is 5.75 Å². The van der Waals surface area contributed by atoms with Crippen LogP contribution in [-0.4, -0.2) is 17.6 Å². The molecule has 0 saturated heterocycles. The van der Waals surface area contributed by atoms with Crippen molar-refractivity contribution in [2.75, 3.05) is 6.54 Å². The van der Waals surface area contributed by atoms with Crippen molar-refractivity contribution in [3.63, 3.8) is 0 Å². The summed E-state index contributed by atoms with van der Waals surface area (Å²) in [6, 6.07) is 13.4. The smallest absolute Gasteiger partial charge is 0.410 e. The van der Waals surface area contributed by atoms with Crippen LogP contribution in [0.4, 0.5) is 10.5 Å². The van der Waals surface area contributed by atoms with Crippen LogP contribution < -0.4 is 10.1 Å². The van der Waals surface area contributed by atoms with Gasteiger partial charge in [0, 0.05) is 18.7 Å². The third-order valence-electron chi connectivity index (χ3n) is 3.02. The molecule has 6 heteroatoms. The zero-order valence-electron chi connectivity index (χ0n) is 12.1. The molecule has 0 heterocycles. The Labute approximate surface area is 127 Å². The Hall–Kier alpha value is -2.89. The number of nitrogens with one attached hydrogen (secondary N) is 1. The highest BCUT2D eigenvalue weighted by atomic mass is 16.6.